The molecule has 0 amide bonds. The highest BCUT2D eigenvalue weighted by atomic mass is 16.5. The third-order valence-corrected chi connectivity index (χ3v) is 4.59. The van der Waals surface area contributed by atoms with E-state index in [1.807, 2.05) is 12.1 Å². The molecule has 0 aromatic heterocycles. The lowest BCUT2D eigenvalue weighted by Crippen LogP contribution is -2.31. The summed E-state index contributed by atoms with van der Waals surface area (Å²) in [5, 5.41) is 0. The van der Waals surface area contributed by atoms with Gasteiger partial charge >= 0.3 is 5.97 Å². The predicted molar refractivity (Wildman–Crippen MR) is 69.4 cm³/mol. The molecule has 0 radical (unpaired) electrons. The highest BCUT2D eigenvalue weighted by Gasteiger charge is 2.36. The first-order chi connectivity index (χ1) is 8.69. The van der Waals surface area contributed by atoms with Crippen LogP contribution in [0, 0.1) is 11.8 Å². The largest absolute Gasteiger partial charge is 0.465 e. The average Bonchev–Trinajstić information content (AvgIpc) is 2.63. The zero-order chi connectivity index (χ0) is 12.7. The van der Waals surface area contributed by atoms with Crippen LogP contribution in [0.3, 0.4) is 0 Å². The van der Waals surface area contributed by atoms with Crippen LogP contribution in [0.15, 0.2) is 18.2 Å². The van der Waals surface area contributed by atoms with E-state index in [1.165, 1.54) is 31.1 Å². The van der Waals surface area contributed by atoms with Crippen molar-refractivity contribution in [3.63, 3.8) is 0 Å². The second-order valence-corrected chi connectivity index (χ2v) is 5.56. The zero-order valence-corrected chi connectivity index (χ0v) is 10.7. The van der Waals surface area contributed by atoms with E-state index < -0.39 is 0 Å². The third kappa shape index (κ3) is 1.83. The van der Waals surface area contributed by atoms with Gasteiger partial charge in [-0.15, -0.1) is 0 Å². The maximum atomic E-state index is 11.6. The molecule has 96 valence electrons. The van der Waals surface area contributed by atoms with Crippen molar-refractivity contribution in [3.05, 3.63) is 34.9 Å². The second kappa shape index (κ2) is 4.39. The number of nitrogens with two attached hydrogens (primary N) is 1. The Morgan fingerprint density at radius 2 is 1.89 bits per heavy atom. The van der Waals surface area contributed by atoms with E-state index >= 15 is 0 Å². The van der Waals surface area contributed by atoms with Crippen molar-refractivity contribution in [2.75, 3.05) is 7.11 Å². The van der Waals surface area contributed by atoms with Gasteiger partial charge in [-0.3, -0.25) is 0 Å². The van der Waals surface area contributed by atoms with E-state index in [2.05, 4.69) is 6.07 Å². The fourth-order valence-electron chi connectivity index (χ4n) is 3.50. The van der Waals surface area contributed by atoms with Crippen LogP contribution in [-0.2, 0) is 17.6 Å². The van der Waals surface area contributed by atoms with Crippen molar-refractivity contribution in [1.82, 2.24) is 0 Å². The Bertz CT molecular complexity index is 483. The number of hydrogen-bond donors (Lipinski definition) is 1. The Morgan fingerprint density at radius 3 is 2.56 bits per heavy atom. The van der Waals surface area contributed by atoms with E-state index in [9.17, 15) is 4.79 Å². The van der Waals surface area contributed by atoms with Crippen LogP contribution in [0.5, 0.6) is 0 Å². The number of benzene rings is 1. The molecule has 3 heteroatoms. The molecular weight excluding hydrogens is 226 g/mol. The summed E-state index contributed by atoms with van der Waals surface area (Å²) in [5.41, 5.74) is 9.61. The van der Waals surface area contributed by atoms with Gasteiger partial charge in [0.15, 0.2) is 0 Å². The molecule has 0 aliphatic heterocycles. The number of hydrogen-bond acceptors (Lipinski definition) is 3. The van der Waals surface area contributed by atoms with E-state index in [4.69, 9.17) is 10.5 Å². The van der Waals surface area contributed by atoms with Crippen molar-refractivity contribution in [1.29, 1.82) is 0 Å². The summed E-state index contributed by atoms with van der Waals surface area (Å²) >= 11 is 0. The molecule has 1 saturated carbocycles. The predicted octanol–water partition coefficient (Wildman–Crippen LogP) is 1.93. The van der Waals surface area contributed by atoms with Gasteiger partial charge in [0, 0.05) is 6.04 Å². The minimum absolute atomic E-state index is 0.253. The fourth-order valence-corrected chi connectivity index (χ4v) is 3.50. The summed E-state index contributed by atoms with van der Waals surface area (Å²) in [6, 6.07) is 6.28. The Hall–Kier alpha value is -1.35. The summed E-state index contributed by atoms with van der Waals surface area (Å²) in [7, 11) is 1.42. The quantitative estimate of drug-likeness (QED) is 0.769. The van der Waals surface area contributed by atoms with Crippen molar-refractivity contribution < 1.29 is 9.53 Å². The first kappa shape index (κ1) is 11.7. The van der Waals surface area contributed by atoms with Gasteiger partial charge in [-0.2, -0.15) is 0 Å². The number of methoxy groups -OCH3 is 1. The molecule has 1 fully saturated rings. The van der Waals surface area contributed by atoms with E-state index in [0.717, 1.165) is 12.8 Å². The summed E-state index contributed by atoms with van der Waals surface area (Å²) in [6.45, 7) is 0. The van der Waals surface area contributed by atoms with Crippen LogP contribution in [0.4, 0.5) is 0 Å². The number of ether oxygens (including phenoxy) is 1. The lowest BCUT2D eigenvalue weighted by atomic mass is 9.92. The minimum atomic E-state index is -0.253. The molecule has 2 aliphatic rings. The molecule has 0 spiro atoms. The molecule has 0 unspecified atom stereocenters. The highest BCUT2D eigenvalue weighted by Crippen LogP contribution is 2.39. The average molecular weight is 245 g/mol. The summed E-state index contributed by atoms with van der Waals surface area (Å²) in [6.07, 6.45) is 4.56. The summed E-state index contributed by atoms with van der Waals surface area (Å²) < 4.78 is 4.78. The summed E-state index contributed by atoms with van der Waals surface area (Å²) in [5.74, 6) is 0.959. The Kier molecular flexibility index (Phi) is 2.86. The topological polar surface area (TPSA) is 52.3 Å². The number of carbonyl (C=O) groups is 1. The molecular formula is C15H19NO2. The Balaban J connectivity index is 1.96. The highest BCUT2D eigenvalue weighted by molar-refractivity contribution is 5.89. The Morgan fingerprint density at radius 1 is 1.22 bits per heavy atom. The lowest BCUT2D eigenvalue weighted by Gasteiger charge is -2.15. The maximum absolute atomic E-state index is 11.6. The van der Waals surface area contributed by atoms with Crippen molar-refractivity contribution in [3.8, 4) is 0 Å². The molecule has 3 rings (SSSR count). The van der Waals surface area contributed by atoms with Gasteiger partial charge in [0.25, 0.3) is 0 Å². The Labute approximate surface area is 107 Å². The van der Waals surface area contributed by atoms with Crippen LogP contribution >= 0.6 is 0 Å². The standard InChI is InChI=1S/C15H19NO2/c1-18-15(17)12-5-2-9-6-10-3-4-11(14(10)16)7-13(9)8-12/h2,5,8,10-11,14H,3-4,6-7,16H2,1H3/t10-,11+,14+/m0/s1. The minimum Gasteiger partial charge on any atom is -0.465 e. The number of carbonyl (C=O) groups excluding carboxylic acids is 1. The molecule has 1 aromatic rings. The zero-order valence-electron chi connectivity index (χ0n) is 10.7. The fraction of sp³-hybridized carbons (Fsp3) is 0.533. The van der Waals surface area contributed by atoms with Gasteiger partial charge in [-0.1, -0.05) is 6.07 Å². The van der Waals surface area contributed by atoms with E-state index in [1.54, 1.807) is 0 Å². The van der Waals surface area contributed by atoms with Gasteiger partial charge in [0.1, 0.15) is 0 Å². The summed E-state index contributed by atoms with van der Waals surface area (Å²) in [4.78, 5) is 11.6. The maximum Gasteiger partial charge on any atom is 0.337 e. The molecule has 2 aliphatic carbocycles. The normalized spacial score (nSPS) is 29.6. The molecule has 2 bridgehead atoms. The number of esters is 1. The van der Waals surface area contributed by atoms with Crippen molar-refractivity contribution in [2.45, 2.75) is 31.7 Å². The third-order valence-electron chi connectivity index (χ3n) is 4.59. The van der Waals surface area contributed by atoms with Crippen LogP contribution in [0.25, 0.3) is 0 Å². The molecule has 2 N–H and O–H groups in total. The first-order valence-corrected chi connectivity index (χ1v) is 6.64. The van der Waals surface area contributed by atoms with Crippen LogP contribution in [0.1, 0.15) is 34.3 Å². The van der Waals surface area contributed by atoms with Gasteiger partial charge in [-0.25, -0.2) is 4.79 Å². The van der Waals surface area contributed by atoms with Crippen LogP contribution < -0.4 is 5.73 Å². The number of fused-ring (bicyclic) bond motifs is 3. The SMILES string of the molecule is COC(=O)c1ccc2c(c1)C[C@H]1CC[C@@H](C2)[C@H]1N. The number of rotatable bonds is 1. The van der Waals surface area contributed by atoms with Gasteiger partial charge in [0.2, 0.25) is 0 Å². The van der Waals surface area contributed by atoms with Crippen molar-refractivity contribution >= 4 is 5.97 Å². The van der Waals surface area contributed by atoms with Crippen molar-refractivity contribution in [2.24, 2.45) is 17.6 Å². The molecule has 0 saturated heterocycles. The van der Waals surface area contributed by atoms with Crippen LogP contribution in [0.2, 0.25) is 0 Å². The van der Waals surface area contributed by atoms with E-state index in [-0.39, 0.29) is 5.97 Å². The molecule has 3 nitrogen and oxygen atoms in total. The second-order valence-electron chi connectivity index (χ2n) is 5.56. The van der Waals surface area contributed by atoms with Gasteiger partial charge < -0.3 is 10.5 Å². The van der Waals surface area contributed by atoms with Gasteiger partial charge in [-0.05, 0) is 60.8 Å². The molecule has 0 heterocycles. The molecule has 3 atom stereocenters. The smallest absolute Gasteiger partial charge is 0.337 e. The molecule has 18 heavy (non-hydrogen) atoms. The van der Waals surface area contributed by atoms with E-state index in [0.29, 0.717) is 23.4 Å². The lowest BCUT2D eigenvalue weighted by molar-refractivity contribution is 0.0600. The monoisotopic (exact) mass is 245 g/mol. The van der Waals surface area contributed by atoms with Crippen LogP contribution in [-0.4, -0.2) is 19.1 Å². The first-order valence-electron chi connectivity index (χ1n) is 6.64. The molecule has 1 aromatic carbocycles. The van der Waals surface area contributed by atoms with Gasteiger partial charge in [0.05, 0.1) is 12.7 Å².